The summed E-state index contributed by atoms with van der Waals surface area (Å²) in [6.07, 6.45) is 0. The van der Waals surface area contributed by atoms with Gasteiger partial charge in [-0.2, -0.15) is 0 Å². The van der Waals surface area contributed by atoms with Gasteiger partial charge >= 0.3 is 0 Å². The summed E-state index contributed by atoms with van der Waals surface area (Å²) in [5, 5.41) is 2.76. The highest BCUT2D eigenvalue weighted by Gasteiger charge is 2.22. The van der Waals surface area contributed by atoms with Crippen molar-refractivity contribution in [1.29, 1.82) is 0 Å². The number of carbonyl (C=O) groups excluding carboxylic acids is 1. The van der Waals surface area contributed by atoms with Gasteiger partial charge in [0.2, 0.25) is 5.91 Å². The fraction of sp³-hybridized carbons (Fsp3) is 0.467. The highest BCUT2D eigenvalue weighted by atomic mass is 16.1. The summed E-state index contributed by atoms with van der Waals surface area (Å²) in [6.45, 7) is 7.91. The van der Waals surface area contributed by atoms with Crippen molar-refractivity contribution in [3.05, 3.63) is 24.3 Å². The molecule has 1 rings (SSSR count). The van der Waals surface area contributed by atoms with Crippen LogP contribution in [-0.4, -0.2) is 25.8 Å². The topological polar surface area (TPSA) is 44.7 Å². The standard InChI is InChI=1S/C15H23N3O/c1-11(19)17-12-7-9-13(10-8-12)18(6)14(16-5)15(2,3)4/h7-10H,1-6H3,(H,17,19). The number of amides is 1. The zero-order chi connectivity index (χ0) is 14.6. The smallest absolute Gasteiger partial charge is 0.221 e. The largest absolute Gasteiger partial charge is 0.333 e. The van der Waals surface area contributed by atoms with Crippen LogP contribution in [0, 0.1) is 5.41 Å². The van der Waals surface area contributed by atoms with Gasteiger partial charge in [0.1, 0.15) is 5.84 Å². The number of carbonyl (C=O) groups is 1. The molecule has 0 saturated carbocycles. The lowest BCUT2D eigenvalue weighted by Crippen LogP contribution is -2.36. The fourth-order valence-electron chi connectivity index (χ4n) is 2.08. The van der Waals surface area contributed by atoms with Crippen LogP contribution >= 0.6 is 0 Å². The molecule has 19 heavy (non-hydrogen) atoms. The molecular formula is C15H23N3O. The SMILES string of the molecule is CN=C(N(C)c1ccc(NC(C)=O)cc1)C(C)(C)C. The minimum absolute atomic E-state index is 0.0141. The van der Waals surface area contributed by atoms with Crippen LogP contribution in [0.25, 0.3) is 0 Å². The van der Waals surface area contributed by atoms with E-state index < -0.39 is 0 Å². The maximum atomic E-state index is 11.0. The lowest BCUT2D eigenvalue weighted by Gasteiger charge is -2.30. The second-order valence-corrected chi connectivity index (χ2v) is 5.58. The third-order valence-electron chi connectivity index (χ3n) is 2.78. The van der Waals surface area contributed by atoms with E-state index in [1.807, 2.05) is 38.4 Å². The van der Waals surface area contributed by atoms with Crippen LogP contribution in [0.4, 0.5) is 11.4 Å². The molecule has 0 aromatic heterocycles. The third-order valence-corrected chi connectivity index (χ3v) is 2.78. The van der Waals surface area contributed by atoms with Gasteiger partial charge < -0.3 is 10.2 Å². The zero-order valence-corrected chi connectivity index (χ0v) is 12.6. The first-order valence-corrected chi connectivity index (χ1v) is 6.34. The van der Waals surface area contributed by atoms with E-state index in [0.29, 0.717) is 0 Å². The number of anilines is 2. The molecule has 1 aromatic carbocycles. The van der Waals surface area contributed by atoms with Crippen molar-refractivity contribution in [1.82, 2.24) is 0 Å². The van der Waals surface area contributed by atoms with Crippen LogP contribution in [0.15, 0.2) is 29.3 Å². The molecule has 4 nitrogen and oxygen atoms in total. The molecular weight excluding hydrogens is 238 g/mol. The van der Waals surface area contributed by atoms with Crippen molar-refractivity contribution >= 4 is 23.1 Å². The van der Waals surface area contributed by atoms with E-state index in [1.54, 1.807) is 0 Å². The first kappa shape index (κ1) is 15.2. The van der Waals surface area contributed by atoms with E-state index in [1.165, 1.54) is 6.92 Å². The van der Waals surface area contributed by atoms with E-state index in [0.717, 1.165) is 17.2 Å². The number of amidine groups is 1. The molecule has 0 aliphatic carbocycles. The van der Waals surface area contributed by atoms with Crippen LogP contribution in [-0.2, 0) is 4.79 Å². The van der Waals surface area contributed by atoms with Gasteiger partial charge in [-0.3, -0.25) is 9.79 Å². The maximum absolute atomic E-state index is 11.0. The Bertz CT molecular complexity index is 469. The maximum Gasteiger partial charge on any atom is 0.221 e. The first-order valence-electron chi connectivity index (χ1n) is 6.34. The molecule has 0 radical (unpaired) electrons. The average Bonchev–Trinajstić information content (AvgIpc) is 2.28. The molecule has 0 bridgehead atoms. The molecule has 0 atom stereocenters. The van der Waals surface area contributed by atoms with Crippen molar-refractivity contribution in [2.45, 2.75) is 27.7 Å². The third kappa shape index (κ3) is 4.09. The molecule has 0 heterocycles. The monoisotopic (exact) mass is 261 g/mol. The van der Waals surface area contributed by atoms with Gasteiger partial charge in [0.25, 0.3) is 0 Å². The van der Waals surface area contributed by atoms with Crippen LogP contribution in [0.1, 0.15) is 27.7 Å². The van der Waals surface area contributed by atoms with Crippen molar-refractivity contribution < 1.29 is 4.79 Å². The van der Waals surface area contributed by atoms with Crippen LogP contribution in [0.3, 0.4) is 0 Å². The Balaban J connectivity index is 2.95. The van der Waals surface area contributed by atoms with E-state index in [-0.39, 0.29) is 11.3 Å². The molecule has 1 aromatic rings. The van der Waals surface area contributed by atoms with Gasteiger partial charge in [-0.15, -0.1) is 0 Å². The van der Waals surface area contributed by atoms with Gasteiger partial charge in [0, 0.05) is 37.8 Å². The Kier molecular flexibility index (Phi) is 4.70. The Labute approximate surface area is 115 Å². The quantitative estimate of drug-likeness (QED) is 0.656. The molecule has 0 spiro atoms. The second-order valence-electron chi connectivity index (χ2n) is 5.58. The van der Waals surface area contributed by atoms with Gasteiger partial charge in [-0.1, -0.05) is 20.8 Å². The summed E-state index contributed by atoms with van der Waals surface area (Å²) < 4.78 is 0. The molecule has 0 aliphatic heterocycles. The number of hydrogen-bond acceptors (Lipinski definition) is 2. The summed E-state index contributed by atoms with van der Waals surface area (Å²) in [6, 6.07) is 7.73. The number of hydrogen-bond donors (Lipinski definition) is 1. The van der Waals surface area contributed by atoms with E-state index in [2.05, 4.69) is 36.0 Å². The lowest BCUT2D eigenvalue weighted by atomic mass is 9.94. The van der Waals surface area contributed by atoms with Gasteiger partial charge in [-0.25, -0.2) is 0 Å². The van der Waals surface area contributed by atoms with Crippen molar-refractivity contribution in [2.24, 2.45) is 10.4 Å². The number of rotatable bonds is 2. The number of nitrogens with zero attached hydrogens (tertiary/aromatic N) is 2. The average molecular weight is 261 g/mol. The number of benzene rings is 1. The molecule has 0 saturated heterocycles. The molecule has 0 fully saturated rings. The van der Waals surface area contributed by atoms with Crippen molar-refractivity contribution in [3.63, 3.8) is 0 Å². The fourth-order valence-corrected chi connectivity index (χ4v) is 2.08. The lowest BCUT2D eigenvalue weighted by molar-refractivity contribution is -0.114. The molecule has 1 N–H and O–H groups in total. The Morgan fingerprint density at radius 3 is 2.11 bits per heavy atom. The van der Waals surface area contributed by atoms with E-state index in [9.17, 15) is 4.79 Å². The highest BCUT2D eigenvalue weighted by Crippen LogP contribution is 2.24. The van der Waals surface area contributed by atoms with Crippen LogP contribution < -0.4 is 10.2 Å². The minimum Gasteiger partial charge on any atom is -0.333 e. The predicted molar refractivity (Wildman–Crippen MR) is 82.0 cm³/mol. The second kappa shape index (κ2) is 5.87. The normalized spacial score (nSPS) is 12.2. The summed E-state index contributed by atoms with van der Waals surface area (Å²) in [5.74, 6) is 0.950. The van der Waals surface area contributed by atoms with E-state index in [4.69, 9.17) is 0 Å². The van der Waals surface area contributed by atoms with Gasteiger partial charge in [0.15, 0.2) is 0 Å². The Hall–Kier alpha value is -1.84. The molecule has 1 amide bonds. The highest BCUT2D eigenvalue weighted by molar-refractivity contribution is 6.01. The van der Waals surface area contributed by atoms with Crippen molar-refractivity contribution in [3.8, 4) is 0 Å². The summed E-state index contributed by atoms with van der Waals surface area (Å²) in [5.41, 5.74) is 1.83. The summed E-state index contributed by atoms with van der Waals surface area (Å²) >= 11 is 0. The van der Waals surface area contributed by atoms with Crippen molar-refractivity contribution in [2.75, 3.05) is 24.3 Å². The van der Waals surface area contributed by atoms with Crippen LogP contribution in [0.5, 0.6) is 0 Å². The Morgan fingerprint density at radius 2 is 1.74 bits per heavy atom. The summed E-state index contributed by atoms with van der Waals surface area (Å²) in [7, 11) is 3.81. The van der Waals surface area contributed by atoms with Gasteiger partial charge in [-0.05, 0) is 24.3 Å². The minimum atomic E-state index is -0.0633. The molecule has 0 aliphatic rings. The van der Waals surface area contributed by atoms with Gasteiger partial charge in [0.05, 0.1) is 0 Å². The number of aliphatic imine (C=N–C) groups is 1. The first-order chi connectivity index (χ1) is 8.75. The zero-order valence-electron chi connectivity index (χ0n) is 12.6. The summed E-state index contributed by atoms with van der Waals surface area (Å²) in [4.78, 5) is 17.4. The number of nitrogens with one attached hydrogen (secondary N) is 1. The molecule has 104 valence electrons. The van der Waals surface area contributed by atoms with Crippen LogP contribution in [0.2, 0.25) is 0 Å². The molecule has 0 unspecified atom stereocenters. The predicted octanol–water partition coefficient (Wildman–Crippen LogP) is 3.16. The molecule has 4 heteroatoms. The Morgan fingerprint density at radius 1 is 1.21 bits per heavy atom. The van der Waals surface area contributed by atoms with E-state index >= 15 is 0 Å².